The Morgan fingerprint density at radius 2 is 1.86 bits per heavy atom. The monoisotopic (exact) mass is 373 g/mol. The highest BCUT2D eigenvalue weighted by Gasteiger charge is 2.28. The summed E-state index contributed by atoms with van der Waals surface area (Å²) in [5.74, 6) is 1.14. The molecule has 1 aromatic heterocycles. The molecule has 144 valence electrons. The maximum Gasteiger partial charge on any atom is 0.227 e. The summed E-state index contributed by atoms with van der Waals surface area (Å²) in [5.41, 5.74) is 8.50. The zero-order chi connectivity index (χ0) is 19.3. The summed E-state index contributed by atoms with van der Waals surface area (Å²) in [4.78, 5) is 19.1. The van der Waals surface area contributed by atoms with Crippen molar-refractivity contribution < 1.29 is 4.79 Å². The van der Waals surface area contributed by atoms with Crippen LogP contribution in [0.25, 0.3) is 10.8 Å². The molecule has 2 heterocycles. The molecule has 2 N–H and O–H groups in total. The third-order valence-electron chi connectivity index (χ3n) is 6.06. The maximum absolute atomic E-state index is 12.9. The van der Waals surface area contributed by atoms with Gasteiger partial charge in [0.1, 0.15) is 0 Å². The van der Waals surface area contributed by atoms with E-state index in [0.29, 0.717) is 24.8 Å². The van der Waals surface area contributed by atoms with Crippen molar-refractivity contribution in [3.8, 4) is 0 Å². The van der Waals surface area contributed by atoms with Crippen molar-refractivity contribution in [3.63, 3.8) is 0 Å². The van der Waals surface area contributed by atoms with E-state index in [2.05, 4.69) is 29.2 Å². The summed E-state index contributed by atoms with van der Waals surface area (Å²) in [7, 11) is 0. The number of nitrogens with two attached hydrogens (primary N) is 1. The van der Waals surface area contributed by atoms with Gasteiger partial charge in [-0.25, -0.2) is 0 Å². The summed E-state index contributed by atoms with van der Waals surface area (Å²) < 4.78 is 0. The average molecular weight is 374 g/mol. The van der Waals surface area contributed by atoms with Crippen LogP contribution in [-0.2, 0) is 11.2 Å². The molecule has 28 heavy (non-hydrogen) atoms. The molecule has 1 saturated heterocycles. The third-order valence-corrected chi connectivity index (χ3v) is 6.06. The van der Waals surface area contributed by atoms with Crippen molar-refractivity contribution in [2.24, 2.45) is 11.7 Å². The zero-order valence-electron chi connectivity index (χ0n) is 16.1. The number of likely N-dealkylation sites (tertiary alicyclic amines) is 1. The number of benzene rings is 2. The van der Waals surface area contributed by atoms with E-state index in [4.69, 9.17) is 5.73 Å². The lowest BCUT2D eigenvalue weighted by atomic mass is 9.80. The Kier molecular flexibility index (Phi) is 5.68. The first-order valence-electron chi connectivity index (χ1n) is 10.1. The van der Waals surface area contributed by atoms with Crippen LogP contribution in [0.2, 0.25) is 0 Å². The summed E-state index contributed by atoms with van der Waals surface area (Å²) in [6.07, 6.45) is 6.12. The van der Waals surface area contributed by atoms with Crippen LogP contribution >= 0.6 is 0 Å². The lowest BCUT2D eigenvalue weighted by Crippen LogP contribution is -2.41. The molecule has 1 aliphatic rings. The van der Waals surface area contributed by atoms with Gasteiger partial charge < -0.3 is 10.6 Å². The van der Waals surface area contributed by atoms with Crippen LogP contribution in [0.3, 0.4) is 0 Å². The minimum atomic E-state index is 0.215. The number of aromatic nitrogens is 1. The Hall–Kier alpha value is -2.72. The van der Waals surface area contributed by atoms with Gasteiger partial charge in [-0.15, -0.1) is 0 Å². The van der Waals surface area contributed by atoms with E-state index < -0.39 is 0 Å². The van der Waals surface area contributed by atoms with Crippen LogP contribution in [0.1, 0.15) is 29.9 Å². The number of hydrogen-bond donors (Lipinski definition) is 1. The third kappa shape index (κ3) is 3.92. The van der Waals surface area contributed by atoms with Crippen molar-refractivity contribution >= 4 is 16.7 Å². The van der Waals surface area contributed by atoms with Crippen molar-refractivity contribution in [1.82, 2.24) is 9.88 Å². The fourth-order valence-electron chi connectivity index (χ4n) is 4.47. The first-order valence-corrected chi connectivity index (χ1v) is 10.1. The predicted octanol–water partition coefficient (Wildman–Crippen LogP) is 3.76. The zero-order valence-corrected chi connectivity index (χ0v) is 16.1. The van der Waals surface area contributed by atoms with Crippen LogP contribution < -0.4 is 5.73 Å². The van der Waals surface area contributed by atoms with Gasteiger partial charge >= 0.3 is 0 Å². The Bertz CT molecular complexity index is 927. The number of carbonyl (C=O) groups excluding carboxylic acids is 1. The average Bonchev–Trinajstić information content (AvgIpc) is 2.76. The fraction of sp³-hybridized carbons (Fsp3) is 0.333. The lowest BCUT2D eigenvalue weighted by Gasteiger charge is -2.36. The summed E-state index contributed by atoms with van der Waals surface area (Å²) >= 11 is 0. The largest absolute Gasteiger partial charge is 0.342 e. The predicted molar refractivity (Wildman–Crippen MR) is 113 cm³/mol. The Morgan fingerprint density at radius 3 is 2.61 bits per heavy atom. The Balaban J connectivity index is 1.40. The molecular formula is C24H27N3O. The molecule has 0 saturated carbocycles. The van der Waals surface area contributed by atoms with E-state index in [-0.39, 0.29) is 5.91 Å². The van der Waals surface area contributed by atoms with Crippen molar-refractivity contribution in [2.75, 3.05) is 19.6 Å². The van der Waals surface area contributed by atoms with Gasteiger partial charge in [0.25, 0.3) is 0 Å². The van der Waals surface area contributed by atoms with Gasteiger partial charge in [0, 0.05) is 30.9 Å². The Morgan fingerprint density at radius 1 is 1.07 bits per heavy atom. The molecule has 1 fully saturated rings. The summed E-state index contributed by atoms with van der Waals surface area (Å²) in [5, 5.41) is 2.20. The topological polar surface area (TPSA) is 59.2 Å². The highest BCUT2D eigenvalue weighted by Crippen LogP contribution is 2.32. The molecule has 1 atom stereocenters. The number of nitrogens with zero attached hydrogens (tertiary/aromatic N) is 2. The molecule has 1 unspecified atom stereocenters. The summed E-state index contributed by atoms with van der Waals surface area (Å²) in [6, 6.07) is 18.6. The second kappa shape index (κ2) is 8.53. The molecule has 1 amide bonds. The van der Waals surface area contributed by atoms with Crippen molar-refractivity contribution in [1.29, 1.82) is 0 Å². The van der Waals surface area contributed by atoms with E-state index >= 15 is 0 Å². The van der Waals surface area contributed by atoms with Gasteiger partial charge in [0.05, 0.1) is 6.42 Å². The number of carbonyl (C=O) groups is 1. The minimum absolute atomic E-state index is 0.215. The normalized spacial score (nSPS) is 16.2. The maximum atomic E-state index is 12.9. The van der Waals surface area contributed by atoms with E-state index in [1.165, 1.54) is 5.56 Å². The minimum Gasteiger partial charge on any atom is -0.342 e. The number of hydrogen-bond acceptors (Lipinski definition) is 3. The van der Waals surface area contributed by atoms with Gasteiger partial charge in [0.15, 0.2) is 0 Å². The van der Waals surface area contributed by atoms with Gasteiger partial charge in [-0.3, -0.25) is 9.78 Å². The van der Waals surface area contributed by atoms with Crippen molar-refractivity contribution in [3.05, 3.63) is 78.1 Å². The molecule has 4 heteroatoms. The number of piperidine rings is 1. The van der Waals surface area contributed by atoms with Gasteiger partial charge in [0.2, 0.25) is 5.91 Å². The fourth-order valence-corrected chi connectivity index (χ4v) is 4.47. The van der Waals surface area contributed by atoms with E-state index in [0.717, 1.165) is 42.3 Å². The van der Waals surface area contributed by atoms with Crippen molar-refractivity contribution in [2.45, 2.75) is 25.2 Å². The highest BCUT2D eigenvalue weighted by atomic mass is 16.2. The molecule has 0 bridgehead atoms. The molecule has 1 aliphatic heterocycles. The quantitative estimate of drug-likeness (QED) is 0.741. The molecule has 0 spiro atoms. The smallest absolute Gasteiger partial charge is 0.227 e. The van der Waals surface area contributed by atoms with Gasteiger partial charge in [-0.1, -0.05) is 48.5 Å². The number of pyridine rings is 1. The molecule has 2 aromatic carbocycles. The van der Waals surface area contributed by atoms with Crippen LogP contribution in [-0.4, -0.2) is 35.4 Å². The van der Waals surface area contributed by atoms with Crippen LogP contribution in [0, 0.1) is 5.92 Å². The molecule has 3 aromatic rings. The lowest BCUT2D eigenvalue weighted by molar-refractivity contribution is -0.131. The molecular weight excluding hydrogens is 346 g/mol. The van der Waals surface area contributed by atoms with Crippen LogP contribution in [0.4, 0.5) is 0 Å². The Labute approximate surface area is 166 Å². The van der Waals surface area contributed by atoms with Crippen LogP contribution in [0.15, 0.2) is 67.0 Å². The van der Waals surface area contributed by atoms with E-state index in [9.17, 15) is 4.79 Å². The first kappa shape index (κ1) is 18.6. The number of fused-ring (bicyclic) bond motifs is 1. The molecule has 4 nitrogen and oxygen atoms in total. The molecule has 4 rings (SSSR count). The SMILES string of the molecule is NCC(c1ccccc1)C1CCN(C(=O)Cc2cccc3cnccc23)CC1. The standard InChI is InChI=1S/C24H27N3O/c25-16-23(18-5-2-1-3-6-18)19-10-13-27(14-11-19)24(28)15-20-7-4-8-21-17-26-12-9-22(20)21/h1-9,12,17,19,23H,10-11,13-16,25H2. The number of amides is 1. The first-order chi connectivity index (χ1) is 13.8. The van der Waals surface area contributed by atoms with E-state index in [1.807, 2.05) is 41.4 Å². The molecule has 0 radical (unpaired) electrons. The van der Waals surface area contributed by atoms with Gasteiger partial charge in [-0.2, -0.15) is 0 Å². The van der Waals surface area contributed by atoms with E-state index in [1.54, 1.807) is 6.20 Å². The van der Waals surface area contributed by atoms with Gasteiger partial charge in [-0.05, 0) is 53.8 Å². The summed E-state index contributed by atoms with van der Waals surface area (Å²) in [6.45, 7) is 2.30. The number of rotatable bonds is 5. The molecule has 0 aliphatic carbocycles. The highest BCUT2D eigenvalue weighted by molar-refractivity contribution is 5.89. The van der Waals surface area contributed by atoms with Crippen LogP contribution in [0.5, 0.6) is 0 Å². The second-order valence-corrected chi connectivity index (χ2v) is 7.66. The second-order valence-electron chi connectivity index (χ2n) is 7.66.